The van der Waals surface area contributed by atoms with Crippen molar-refractivity contribution >= 4 is 39.2 Å². The number of aromatic nitrogens is 3. The molecule has 0 bridgehead atoms. The van der Waals surface area contributed by atoms with E-state index < -0.39 is 0 Å². The van der Waals surface area contributed by atoms with Gasteiger partial charge in [0, 0.05) is 17.1 Å². The SMILES string of the molecule is CCCCn1nc(C)c2c(C(=O)Nc3sc4c(c3C(=O)OC)CCCCC4)cc(C)nc21. The second kappa shape index (κ2) is 9.40. The van der Waals surface area contributed by atoms with Gasteiger partial charge in [0.25, 0.3) is 5.91 Å². The monoisotopic (exact) mass is 454 g/mol. The van der Waals surface area contributed by atoms with Crippen molar-refractivity contribution in [2.24, 2.45) is 0 Å². The van der Waals surface area contributed by atoms with Crippen molar-refractivity contribution in [1.82, 2.24) is 14.8 Å². The van der Waals surface area contributed by atoms with Gasteiger partial charge in [-0.3, -0.25) is 4.79 Å². The first-order chi connectivity index (χ1) is 15.4. The van der Waals surface area contributed by atoms with E-state index in [0.717, 1.165) is 79.5 Å². The van der Waals surface area contributed by atoms with Gasteiger partial charge in [-0.25, -0.2) is 14.5 Å². The van der Waals surface area contributed by atoms with E-state index in [4.69, 9.17) is 4.74 Å². The van der Waals surface area contributed by atoms with Crippen LogP contribution < -0.4 is 5.32 Å². The van der Waals surface area contributed by atoms with E-state index in [-0.39, 0.29) is 11.9 Å². The number of thiophene rings is 1. The highest BCUT2D eigenvalue weighted by Gasteiger charge is 2.27. The highest BCUT2D eigenvalue weighted by molar-refractivity contribution is 7.17. The van der Waals surface area contributed by atoms with Crippen LogP contribution >= 0.6 is 11.3 Å². The quantitative estimate of drug-likeness (QED) is 0.408. The maximum atomic E-state index is 13.5. The molecule has 3 aromatic heterocycles. The number of nitrogens with zero attached hydrogens (tertiary/aromatic N) is 3. The Labute approximate surface area is 192 Å². The number of hydrogen-bond acceptors (Lipinski definition) is 6. The molecule has 0 unspecified atom stereocenters. The lowest BCUT2D eigenvalue weighted by Gasteiger charge is -2.09. The molecule has 1 aliphatic carbocycles. The van der Waals surface area contributed by atoms with Gasteiger partial charge in [-0.2, -0.15) is 5.10 Å². The Morgan fingerprint density at radius 2 is 2.00 bits per heavy atom. The van der Waals surface area contributed by atoms with Crippen LogP contribution in [0.25, 0.3) is 11.0 Å². The van der Waals surface area contributed by atoms with Crippen LogP contribution in [-0.2, 0) is 24.1 Å². The molecule has 0 radical (unpaired) electrons. The lowest BCUT2D eigenvalue weighted by molar-refractivity contribution is 0.0601. The van der Waals surface area contributed by atoms with Crippen LogP contribution in [0.3, 0.4) is 0 Å². The number of aryl methyl sites for hydroxylation is 4. The number of nitrogens with one attached hydrogen (secondary N) is 1. The zero-order chi connectivity index (χ0) is 22.8. The predicted molar refractivity (Wildman–Crippen MR) is 127 cm³/mol. The zero-order valence-electron chi connectivity index (χ0n) is 19.2. The van der Waals surface area contributed by atoms with Crippen LogP contribution in [0.1, 0.15) is 81.6 Å². The number of unbranched alkanes of at least 4 members (excludes halogenated alkanes) is 1. The van der Waals surface area contributed by atoms with Crippen molar-refractivity contribution in [3.8, 4) is 0 Å². The molecule has 1 N–H and O–H groups in total. The number of hydrogen-bond donors (Lipinski definition) is 1. The smallest absolute Gasteiger partial charge is 0.341 e. The average Bonchev–Trinajstić information content (AvgIpc) is 3.17. The Kier molecular flexibility index (Phi) is 6.60. The number of ether oxygens (including phenoxy) is 1. The van der Waals surface area contributed by atoms with Crippen LogP contribution in [0.4, 0.5) is 5.00 Å². The Hall–Kier alpha value is -2.74. The second-order valence-corrected chi connectivity index (χ2v) is 9.49. The minimum absolute atomic E-state index is 0.250. The number of methoxy groups -OCH3 is 1. The van der Waals surface area contributed by atoms with E-state index in [1.807, 2.05) is 18.5 Å². The fourth-order valence-electron chi connectivity index (χ4n) is 4.44. The summed E-state index contributed by atoms with van der Waals surface area (Å²) in [5.41, 5.74) is 4.36. The van der Waals surface area contributed by atoms with Crippen molar-refractivity contribution in [1.29, 1.82) is 0 Å². The summed E-state index contributed by atoms with van der Waals surface area (Å²) in [7, 11) is 1.39. The highest BCUT2D eigenvalue weighted by Crippen LogP contribution is 2.38. The number of rotatable bonds is 6. The number of esters is 1. The normalized spacial score (nSPS) is 13.6. The molecular formula is C24H30N4O3S. The largest absolute Gasteiger partial charge is 0.465 e. The average molecular weight is 455 g/mol. The number of amides is 1. The minimum atomic E-state index is -0.390. The van der Waals surface area contributed by atoms with Crippen LogP contribution in [0, 0.1) is 13.8 Å². The van der Waals surface area contributed by atoms with Crippen LogP contribution in [0.2, 0.25) is 0 Å². The molecule has 0 fully saturated rings. The summed E-state index contributed by atoms with van der Waals surface area (Å²) in [5.74, 6) is -0.639. The van der Waals surface area contributed by atoms with Gasteiger partial charge in [0.15, 0.2) is 5.65 Å². The summed E-state index contributed by atoms with van der Waals surface area (Å²) in [6.45, 7) is 6.70. The van der Waals surface area contributed by atoms with Gasteiger partial charge in [0.1, 0.15) is 5.00 Å². The summed E-state index contributed by atoms with van der Waals surface area (Å²) >= 11 is 1.50. The first-order valence-corrected chi connectivity index (χ1v) is 12.1. The topological polar surface area (TPSA) is 86.1 Å². The van der Waals surface area contributed by atoms with Crippen molar-refractivity contribution in [3.63, 3.8) is 0 Å². The number of carbonyl (C=O) groups excluding carboxylic acids is 2. The Balaban J connectivity index is 1.75. The summed E-state index contributed by atoms with van der Waals surface area (Å²) < 4.78 is 6.97. The fraction of sp³-hybridized carbons (Fsp3) is 0.500. The molecule has 8 heteroatoms. The summed E-state index contributed by atoms with van der Waals surface area (Å²) in [6, 6.07) is 1.80. The van der Waals surface area contributed by atoms with Crippen LogP contribution in [-0.4, -0.2) is 33.8 Å². The number of carbonyl (C=O) groups is 2. The van der Waals surface area contributed by atoms with Gasteiger partial charge < -0.3 is 10.1 Å². The standard InChI is InChI=1S/C24H30N4O3S/c1-5-6-12-28-21-19(15(3)27-28)17(13-14(2)25-21)22(29)26-23-20(24(30)31-4)16-10-8-7-9-11-18(16)32-23/h13H,5-12H2,1-4H3,(H,26,29). The maximum Gasteiger partial charge on any atom is 0.341 e. The predicted octanol–water partition coefficient (Wildman–Crippen LogP) is 5.22. The third-order valence-corrected chi connectivity index (χ3v) is 7.22. The van der Waals surface area contributed by atoms with Gasteiger partial charge in [-0.15, -0.1) is 11.3 Å². The lowest BCUT2D eigenvalue weighted by atomic mass is 10.1. The molecule has 0 atom stereocenters. The summed E-state index contributed by atoms with van der Waals surface area (Å²) in [5, 5.41) is 9.02. The van der Waals surface area contributed by atoms with E-state index in [2.05, 4.69) is 22.3 Å². The first-order valence-electron chi connectivity index (χ1n) is 11.3. The zero-order valence-corrected chi connectivity index (χ0v) is 20.0. The van der Waals surface area contributed by atoms with E-state index in [1.54, 1.807) is 6.07 Å². The second-order valence-electron chi connectivity index (χ2n) is 8.39. The third-order valence-electron chi connectivity index (χ3n) is 6.01. The molecular weight excluding hydrogens is 424 g/mol. The van der Waals surface area contributed by atoms with Gasteiger partial charge in [-0.1, -0.05) is 19.8 Å². The molecule has 0 spiro atoms. The lowest BCUT2D eigenvalue weighted by Crippen LogP contribution is -2.16. The highest BCUT2D eigenvalue weighted by atomic mass is 32.1. The molecule has 32 heavy (non-hydrogen) atoms. The van der Waals surface area contributed by atoms with Gasteiger partial charge >= 0.3 is 5.97 Å². The summed E-state index contributed by atoms with van der Waals surface area (Å²) in [6.07, 6.45) is 7.12. The van der Waals surface area contributed by atoms with Crippen molar-refractivity contribution in [2.75, 3.05) is 12.4 Å². The number of fused-ring (bicyclic) bond motifs is 2. The number of pyridine rings is 1. The third kappa shape index (κ3) is 4.16. The summed E-state index contributed by atoms with van der Waals surface area (Å²) in [4.78, 5) is 32.0. The molecule has 0 saturated carbocycles. The molecule has 1 amide bonds. The molecule has 170 valence electrons. The Morgan fingerprint density at radius 1 is 1.22 bits per heavy atom. The first kappa shape index (κ1) is 22.5. The van der Waals surface area contributed by atoms with Crippen molar-refractivity contribution in [2.45, 2.75) is 72.3 Å². The molecule has 1 aliphatic rings. The maximum absolute atomic E-state index is 13.5. The molecule has 0 saturated heterocycles. The molecule has 0 aliphatic heterocycles. The van der Waals surface area contributed by atoms with Crippen molar-refractivity contribution < 1.29 is 14.3 Å². The van der Waals surface area contributed by atoms with Gasteiger partial charge in [-0.05, 0) is 57.6 Å². The molecule has 3 aromatic rings. The Bertz CT molecular complexity index is 1180. The van der Waals surface area contributed by atoms with E-state index >= 15 is 0 Å². The van der Waals surface area contributed by atoms with Crippen LogP contribution in [0.5, 0.6) is 0 Å². The molecule has 0 aromatic carbocycles. The van der Waals surface area contributed by atoms with Crippen molar-refractivity contribution in [3.05, 3.63) is 39.0 Å². The fourth-order valence-corrected chi connectivity index (χ4v) is 5.71. The van der Waals surface area contributed by atoms with E-state index in [0.29, 0.717) is 16.1 Å². The Morgan fingerprint density at radius 3 is 2.75 bits per heavy atom. The minimum Gasteiger partial charge on any atom is -0.465 e. The van der Waals surface area contributed by atoms with Gasteiger partial charge in [0.05, 0.1) is 29.3 Å². The van der Waals surface area contributed by atoms with Gasteiger partial charge in [0.2, 0.25) is 0 Å². The molecule has 7 nitrogen and oxygen atoms in total. The van der Waals surface area contributed by atoms with E-state index in [1.165, 1.54) is 23.3 Å². The van der Waals surface area contributed by atoms with E-state index in [9.17, 15) is 9.59 Å². The van der Waals surface area contributed by atoms with Crippen LogP contribution in [0.15, 0.2) is 6.07 Å². The number of anilines is 1. The molecule has 4 rings (SSSR count). The molecule has 3 heterocycles.